The van der Waals surface area contributed by atoms with Crippen molar-refractivity contribution >= 4 is 15.9 Å². The highest BCUT2D eigenvalue weighted by molar-refractivity contribution is 9.10. The lowest BCUT2D eigenvalue weighted by Crippen LogP contribution is -1.87. The lowest BCUT2D eigenvalue weighted by Gasteiger charge is -1.94. The van der Waals surface area contributed by atoms with E-state index in [1.807, 2.05) is 0 Å². The Morgan fingerprint density at radius 3 is 3.44 bits per heavy atom. The highest BCUT2D eigenvalue weighted by Gasteiger charge is 1.89. The van der Waals surface area contributed by atoms with Crippen LogP contribution in [0.25, 0.3) is 0 Å². The third-order valence-corrected chi connectivity index (χ3v) is 0.951. The second-order valence-corrected chi connectivity index (χ2v) is 1.90. The first-order valence-corrected chi connectivity index (χ1v) is 2.78. The zero-order valence-electron chi connectivity index (χ0n) is 9.18. The average Bonchev–Trinajstić information content (AvgIpc) is 1.97. The molecular weight excluding hydrogens is 184 g/mol. The van der Waals surface area contributed by atoms with Gasteiger partial charge in [-0.25, -0.2) is 9.97 Å². The highest BCUT2D eigenvalue weighted by Crippen LogP contribution is 2.06. The van der Waals surface area contributed by atoms with Crippen LogP contribution in [-0.4, -0.2) is 17.0 Å². The Kier molecular flexibility index (Phi) is 0.782. The number of aromatic nitrogens is 2. The van der Waals surface area contributed by atoms with Crippen molar-refractivity contribution < 1.29 is 11.6 Å². The molecule has 0 radical (unpaired) electrons. The van der Waals surface area contributed by atoms with Gasteiger partial charge >= 0.3 is 0 Å². The molecule has 1 heterocycles. The van der Waals surface area contributed by atoms with E-state index in [1.165, 1.54) is 0 Å². The summed E-state index contributed by atoms with van der Waals surface area (Å²) in [6.45, 7) is 0. The molecule has 0 bridgehead atoms. The Balaban J connectivity index is 3.04. The molecule has 0 atom stereocenters. The molecule has 0 aromatic carbocycles. The van der Waals surface area contributed by atoms with Crippen LogP contribution in [0, 0.1) is 0 Å². The van der Waals surface area contributed by atoms with Crippen LogP contribution >= 0.6 is 15.9 Å². The molecule has 0 aliphatic rings. The van der Waals surface area contributed by atoms with Crippen LogP contribution in [0.15, 0.2) is 16.9 Å². The van der Waals surface area contributed by atoms with Crippen molar-refractivity contribution in [2.45, 2.75) is 0 Å². The summed E-state index contributed by atoms with van der Waals surface area (Å²) in [5, 5.41) is 0. The zero-order chi connectivity index (χ0) is 10.9. The van der Waals surface area contributed by atoms with Crippen LogP contribution in [0.3, 0.4) is 0 Å². The summed E-state index contributed by atoms with van der Waals surface area (Å²) in [6, 6.07) is 0. The van der Waals surface area contributed by atoms with Crippen LogP contribution in [0.5, 0.6) is 5.88 Å². The molecule has 0 saturated heterocycles. The fourth-order valence-electron chi connectivity index (χ4n) is 0.289. The lowest BCUT2D eigenvalue weighted by atomic mass is 10.7. The second kappa shape index (κ2) is 2.77. The Hall–Kier alpha value is -0.640. The molecule has 9 heavy (non-hydrogen) atoms. The molecule has 0 fully saturated rings. The van der Waals surface area contributed by atoms with Gasteiger partial charge in [0.25, 0.3) is 0 Å². The Labute approximate surface area is 68.2 Å². The largest absolute Gasteiger partial charge is 0.480 e. The molecule has 1 aromatic heterocycles. The quantitative estimate of drug-likeness (QED) is 0.674. The van der Waals surface area contributed by atoms with Crippen molar-refractivity contribution in [2.24, 2.45) is 0 Å². The minimum Gasteiger partial charge on any atom is -0.480 e. The van der Waals surface area contributed by atoms with E-state index in [4.69, 9.17) is 6.85 Å². The molecule has 0 aliphatic heterocycles. The summed E-state index contributed by atoms with van der Waals surface area (Å²) in [4.78, 5) is 6.96. The smallest absolute Gasteiger partial charge is 0.232 e. The van der Waals surface area contributed by atoms with Crippen molar-refractivity contribution in [3.63, 3.8) is 0 Å². The van der Waals surface area contributed by atoms with E-state index in [2.05, 4.69) is 30.6 Å². The van der Waals surface area contributed by atoms with Crippen molar-refractivity contribution in [3.05, 3.63) is 16.9 Å². The molecule has 48 valence electrons. The minimum atomic E-state index is -2.69. The van der Waals surface area contributed by atoms with Crippen LogP contribution in [0.2, 0.25) is 0 Å². The van der Waals surface area contributed by atoms with E-state index in [9.17, 15) is 0 Å². The van der Waals surface area contributed by atoms with Crippen LogP contribution < -0.4 is 4.74 Å². The zero-order valence-corrected chi connectivity index (χ0v) is 5.77. The van der Waals surface area contributed by atoms with Gasteiger partial charge in [-0.05, 0) is 15.9 Å². The summed E-state index contributed by atoms with van der Waals surface area (Å²) >= 11 is 2.88. The van der Waals surface area contributed by atoms with Crippen molar-refractivity contribution in [2.75, 3.05) is 7.04 Å². The van der Waals surface area contributed by atoms with Gasteiger partial charge in [-0.1, -0.05) is 0 Å². The van der Waals surface area contributed by atoms with Gasteiger partial charge in [0, 0.05) is 0 Å². The third-order valence-electron chi connectivity index (χ3n) is 0.596. The van der Waals surface area contributed by atoms with Gasteiger partial charge in [0.2, 0.25) is 5.88 Å². The van der Waals surface area contributed by atoms with E-state index in [-0.39, 0.29) is 10.8 Å². The van der Waals surface area contributed by atoms with Gasteiger partial charge in [-0.2, -0.15) is 0 Å². The molecular formula is C5H5BrN2O. The monoisotopic (exact) mass is 193 g/mol. The first kappa shape index (κ1) is 2.54. The normalized spacial score (nSPS) is 18.6. The molecule has 4 heteroatoms. The maximum Gasteiger partial charge on any atom is 0.232 e. The van der Waals surface area contributed by atoms with Crippen molar-refractivity contribution in [1.82, 2.24) is 9.97 Å². The molecule has 0 aliphatic carbocycles. The molecule has 1 aromatic rings. The van der Waals surface area contributed by atoms with Gasteiger partial charge in [-0.15, -0.1) is 0 Å². The summed E-state index contributed by atoms with van der Waals surface area (Å²) in [5.41, 5.74) is 0. The number of rotatable bonds is 1. The number of nitrogens with zero attached hydrogens (tertiary/aromatic N) is 2. The van der Waals surface area contributed by atoms with Crippen molar-refractivity contribution in [3.8, 4) is 5.88 Å². The minimum absolute atomic E-state index is 0.0698. The molecule has 0 saturated carbocycles. The fourth-order valence-corrected chi connectivity index (χ4v) is 0.467. The van der Waals surface area contributed by atoms with Gasteiger partial charge in [0.15, 0.2) is 0 Å². The summed E-state index contributed by atoms with van der Waals surface area (Å²) in [5.74, 6) is -0.474. The van der Waals surface area contributed by atoms with E-state index in [0.717, 1.165) is 0 Å². The van der Waals surface area contributed by atoms with Gasteiger partial charge < -0.3 is 4.74 Å². The van der Waals surface area contributed by atoms with E-state index in [0.29, 0.717) is 0 Å². The Bertz CT molecular complexity index is 355. The summed E-state index contributed by atoms with van der Waals surface area (Å²) < 4.78 is 39.2. The number of methoxy groups -OCH3 is 1. The molecule has 0 amide bonds. The topological polar surface area (TPSA) is 35.0 Å². The summed E-state index contributed by atoms with van der Waals surface area (Å²) in [6.07, 6.45) is -0.704. The SMILES string of the molecule is [2H]c1nc(OC([2H])([2H])[2H])c([2H])nc1Br. The Morgan fingerprint density at radius 2 is 2.67 bits per heavy atom. The van der Waals surface area contributed by atoms with Gasteiger partial charge in [0.1, 0.15) is 4.60 Å². The molecule has 0 spiro atoms. The van der Waals surface area contributed by atoms with Crippen molar-refractivity contribution in [1.29, 1.82) is 0 Å². The first-order chi connectivity index (χ1) is 6.29. The second-order valence-electron chi connectivity index (χ2n) is 1.15. The number of ether oxygens (including phenoxy) is 1. The van der Waals surface area contributed by atoms with Crippen LogP contribution in [0.4, 0.5) is 0 Å². The van der Waals surface area contributed by atoms with Gasteiger partial charge in [0.05, 0.1) is 26.2 Å². The Morgan fingerprint density at radius 1 is 1.78 bits per heavy atom. The fraction of sp³-hybridized carbons (Fsp3) is 0.200. The predicted octanol–water partition coefficient (Wildman–Crippen LogP) is 1.25. The standard InChI is InChI=1S/C5H5BrN2O/c1-9-5-3-7-4(6)2-8-5/h2-3H,1H3/i1D3,2D,3D. The van der Waals surface area contributed by atoms with E-state index < -0.39 is 19.1 Å². The summed E-state index contributed by atoms with van der Waals surface area (Å²) in [7, 11) is -2.69. The predicted molar refractivity (Wildman–Crippen MR) is 36.3 cm³/mol. The number of hydrogen-bond donors (Lipinski definition) is 0. The molecule has 3 nitrogen and oxygen atoms in total. The lowest BCUT2D eigenvalue weighted by molar-refractivity contribution is 0.395. The third kappa shape index (κ3) is 1.64. The average molecular weight is 194 g/mol. The molecule has 0 unspecified atom stereocenters. The maximum absolute atomic E-state index is 7.23. The first-order valence-electron chi connectivity index (χ1n) is 4.49. The van der Waals surface area contributed by atoms with Crippen LogP contribution in [-0.2, 0) is 0 Å². The van der Waals surface area contributed by atoms with Gasteiger partial charge in [-0.3, -0.25) is 0 Å². The van der Waals surface area contributed by atoms with E-state index in [1.54, 1.807) is 0 Å². The highest BCUT2D eigenvalue weighted by atomic mass is 79.9. The molecule has 1 rings (SSSR count). The van der Waals surface area contributed by atoms with E-state index >= 15 is 0 Å². The maximum atomic E-state index is 7.23. The number of halogens is 1. The molecule has 0 N–H and O–H groups in total. The number of hydrogen-bond acceptors (Lipinski definition) is 3. The van der Waals surface area contributed by atoms with Crippen LogP contribution in [0.1, 0.15) is 6.85 Å².